The van der Waals surface area contributed by atoms with Crippen molar-refractivity contribution in [2.45, 2.75) is 32.1 Å². The highest BCUT2D eigenvalue weighted by atomic mass is 32.2. The molecule has 0 saturated carbocycles. The third-order valence-electron chi connectivity index (χ3n) is 3.29. The Bertz CT molecular complexity index is 581. The molecule has 0 spiro atoms. The molecular weight excluding hydrogens is 286 g/mol. The Balaban J connectivity index is 2.85. The highest BCUT2D eigenvalue weighted by molar-refractivity contribution is 7.89. The number of nitrogen functional groups attached to an aromatic ring is 1. The molecule has 0 bridgehead atoms. The Hall–Kier alpha value is -1.11. The normalized spacial score (nSPS) is 12.9. The van der Waals surface area contributed by atoms with Gasteiger partial charge in [0.15, 0.2) is 0 Å². The fourth-order valence-corrected chi connectivity index (χ4v) is 3.62. The summed E-state index contributed by atoms with van der Waals surface area (Å²) in [7, 11) is 0.420. The van der Waals surface area contributed by atoms with E-state index < -0.39 is 10.0 Å². The van der Waals surface area contributed by atoms with Crippen LogP contribution < -0.4 is 10.5 Å². The van der Waals surface area contributed by atoms with Crippen LogP contribution in [0.25, 0.3) is 0 Å². The van der Waals surface area contributed by atoms with E-state index in [2.05, 4.69) is 4.72 Å². The van der Waals surface area contributed by atoms with Crippen LogP contribution in [0.5, 0.6) is 0 Å². The van der Waals surface area contributed by atoms with E-state index in [0.717, 1.165) is 18.5 Å². The van der Waals surface area contributed by atoms with Crippen molar-refractivity contribution in [2.75, 3.05) is 32.9 Å². The van der Waals surface area contributed by atoms with Gasteiger partial charge in [-0.2, -0.15) is 0 Å². The maximum Gasteiger partial charge on any atom is 0.240 e. The lowest BCUT2D eigenvalue weighted by atomic mass is 9.93. The Morgan fingerprint density at radius 3 is 2.38 bits per heavy atom. The van der Waals surface area contributed by atoms with Gasteiger partial charge in [-0.3, -0.25) is 0 Å². The molecule has 0 heterocycles. The average Bonchev–Trinajstić information content (AvgIpc) is 2.35. The highest BCUT2D eigenvalue weighted by Crippen LogP contribution is 2.20. The first-order chi connectivity index (χ1) is 9.57. The summed E-state index contributed by atoms with van der Waals surface area (Å²) in [6.07, 6.45) is 0.787. The highest BCUT2D eigenvalue weighted by Gasteiger charge is 2.23. The molecule has 0 amide bonds. The SMILES string of the molecule is CCc1ccc(S(=O)(=O)NCC(C)(C)CN(C)C)cc1N. The molecule has 0 aliphatic heterocycles. The molecule has 0 aliphatic carbocycles. The number of hydrogen-bond donors (Lipinski definition) is 2. The molecule has 6 heteroatoms. The number of anilines is 1. The first-order valence-electron chi connectivity index (χ1n) is 7.10. The van der Waals surface area contributed by atoms with Gasteiger partial charge in [0.05, 0.1) is 4.90 Å². The minimum atomic E-state index is -3.53. The van der Waals surface area contributed by atoms with Gasteiger partial charge in [0.25, 0.3) is 0 Å². The predicted molar refractivity (Wildman–Crippen MR) is 87.8 cm³/mol. The monoisotopic (exact) mass is 313 g/mol. The van der Waals surface area contributed by atoms with Crippen molar-refractivity contribution in [1.29, 1.82) is 0 Å². The number of nitrogens with one attached hydrogen (secondary N) is 1. The van der Waals surface area contributed by atoms with E-state index in [1.807, 2.05) is 39.8 Å². The van der Waals surface area contributed by atoms with Crippen LogP contribution in [0.15, 0.2) is 23.1 Å². The summed E-state index contributed by atoms with van der Waals surface area (Å²) in [6, 6.07) is 4.91. The van der Waals surface area contributed by atoms with Crippen molar-refractivity contribution < 1.29 is 8.42 Å². The predicted octanol–water partition coefficient (Wildman–Crippen LogP) is 1.70. The summed E-state index contributed by atoms with van der Waals surface area (Å²) >= 11 is 0. The second-order valence-corrected chi connectivity index (χ2v) is 8.21. The van der Waals surface area contributed by atoms with Crippen molar-refractivity contribution in [3.8, 4) is 0 Å². The number of aryl methyl sites for hydroxylation is 1. The molecule has 1 rings (SSSR count). The van der Waals surface area contributed by atoms with Crippen LogP contribution in [-0.2, 0) is 16.4 Å². The largest absolute Gasteiger partial charge is 0.398 e. The molecule has 0 unspecified atom stereocenters. The molecule has 5 nitrogen and oxygen atoms in total. The number of benzene rings is 1. The smallest absolute Gasteiger partial charge is 0.240 e. The molecule has 3 N–H and O–H groups in total. The quantitative estimate of drug-likeness (QED) is 0.751. The minimum absolute atomic E-state index is 0.147. The fourth-order valence-electron chi connectivity index (χ4n) is 2.35. The van der Waals surface area contributed by atoms with Gasteiger partial charge >= 0.3 is 0 Å². The molecule has 1 aromatic rings. The molecule has 0 saturated heterocycles. The fraction of sp³-hybridized carbons (Fsp3) is 0.600. The lowest BCUT2D eigenvalue weighted by molar-refractivity contribution is 0.242. The number of nitrogens with zero attached hydrogens (tertiary/aromatic N) is 1. The lowest BCUT2D eigenvalue weighted by Gasteiger charge is -2.28. The number of rotatable bonds is 7. The van der Waals surface area contributed by atoms with Crippen molar-refractivity contribution in [2.24, 2.45) is 5.41 Å². The van der Waals surface area contributed by atoms with E-state index in [9.17, 15) is 8.42 Å². The molecule has 0 fully saturated rings. The second kappa shape index (κ2) is 6.77. The summed E-state index contributed by atoms with van der Waals surface area (Å²) < 4.78 is 27.3. The summed E-state index contributed by atoms with van der Waals surface area (Å²) in [6.45, 7) is 7.23. The second-order valence-electron chi connectivity index (χ2n) is 6.44. The Morgan fingerprint density at radius 1 is 1.29 bits per heavy atom. The van der Waals surface area contributed by atoms with Gasteiger partial charge < -0.3 is 10.6 Å². The van der Waals surface area contributed by atoms with Gasteiger partial charge in [0.1, 0.15) is 0 Å². The van der Waals surface area contributed by atoms with Crippen molar-refractivity contribution in [1.82, 2.24) is 9.62 Å². The molecule has 0 aliphatic rings. The summed E-state index contributed by atoms with van der Waals surface area (Å²) in [5, 5.41) is 0. The maximum atomic E-state index is 12.3. The summed E-state index contributed by atoms with van der Waals surface area (Å²) in [5.74, 6) is 0. The van der Waals surface area contributed by atoms with E-state index in [4.69, 9.17) is 5.73 Å². The van der Waals surface area contributed by atoms with Crippen LogP contribution in [0, 0.1) is 5.41 Å². The first kappa shape index (κ1) is 17.9. The van der Waals surface area contributed by atoms with Gasteiger partial charge in [0.2, 0.25) is 10.0 Å². The van der Waals surface area contributed by atoms with Crippen LogP contribution in [0.1, 0.15) is 26.3 Å². The number of sulfonamides is 1. The molecule has 120 valence electrons. The average molecular weight is 313 g/mol. The van der Waals surface area contributed by atoms with E-state index >= 15 is 0 Å². The Labute approximate surface area is 128 Å². The van der Waals surface area contributed by atoms with Gasteiger partial charge in [0, 0.05) is 18.8 Å². The van der Waals surface area contributed by atoms with E-state index in [-0.39, 0.29) is 10.3 Å². The van der Waals surface area contributed by atoms with Crippen LogP contribution in [0.2, 0.25) is 0 Å². The van der Waals surface area contributed by atoms with Crippen molar-refractivity contribution in [3.63, 3.8) is 0 Å². The molecular formula is C15H27N3O2S. The van der Waals surface area contributed by atoms with Crippen molar-refractivity contribution >= 4 is 15.7 Å². The van der Waals surface area contributed by atoms with Gasteiger partial charge in [-0.05, 0) is 43.6 Å². The van der Waals surface area contributed by atoms with Gasteiger partial charge in [-0.1, -0.05) is 26.8 Å². The van der Waals surface area contributed by atoms with Crippen molar-refractivity contribution in [3.05, 3.63) is 23.8 Å². The van der Waals surface area contributed by atoms with Crippen LogP contribution in [-0.4, -0.2) is 40.5 Å². The number of nitrogens with two attached hydrogens (primary N) is 1. The van der Waals surface area contributed by atoms with E-state index in [0.29, 0.717) is 12.2 Å². The Kier molecular flexibility index (Phi) is 5.78. The van der Waals surface area contributed by atoms with Crippen LogP contribution >= 0.6 is 0 Å². The third kappa shape index (κ3) is 5.30. The zero-order valence-electron chi connectivity index (χ0n) is 13.6. The Morgan fingerprint density at radius 2 is 1.90 bits per heavy atom. The molecule has 1 aromatic carbocycles. The van der Waals surface area contributed by atoms with E-state index in [1.54, 1.807) is 12.1 Å². The van der Waals surface area contributed by atoms with E-state index in [1.165, 1.54) is 6.07 Å². The standard InChI is InChI=1S/C15H27N3O2S/c1-6-12-7-8-13(9-14(12)16)21(19,20)17-10-15(2,3)11-18(4)5/h7-9,17H,6,10-11,16H2,1-5H3. The van der Waals surface area contributed by atoms with Crippen LogP contribution in [0.3, 0.4) is 0 Å². The van der Waals surface area contributed by atoms with Gasteiger partial charge in [-0.25, -0.2) is 13.1 Å². The van der Waals surface area contributed by atoms with Crippen LogP contribution in [0.4, 0.5) is 5.69 Å². The maximum absolute atomic E-state index is 12.3. The summed E-state index contributed by atoms with van der Waals surface area (Å²) in [4.78, 5) is 2.26. The molecule has 21 heavy (non-hydrogen) atoms. The first-order valence-corrected chi connectivity index (χ1v) is 8.58. The zero-order chi connectivity index (χ0) is 16.3. The molecule has 0 atom stereocenters. The lowest BCUT2D eigenvalue weighted by Crippen LogP contribution is -2.39. The molecule has 0 aromatic heterocycles. The third-order valence-corrected chi connectivity index (χ3v) is 4.69. The molecule has 0 radical (unpaired) electrons. The number of hydrogen-bond acceptors (Lipinski definition) is 4. The van der Waals surface area contributed by atoms with Gasteiger partial charge in [-0.15, -0.1) is 0 Å². The topological polar surface area (TPSA) is 75.4 Å². The minimum Gasteiger partial charge on any atom is -0.398 e. The zero-order valence-corrected chi connectivity index (χ0v) is 14.4. The summed E-state index contributed by atoms with van der Waals surface area (Å²) in [5.41, 5.74) is 7.21.